The van der Waals surface area contributed by atoms with Gasteiger partial charge in [-0.05, 0) is 64.2 Å². The van der Waals surface area contributed by atoms with Crippen LogP contribution < -0.4 is 10.6 Å². The fourth-order valence-corrected chi connectivity index (χ4v) is 3.18. The van der Waals surface area contributed by atoms with Gasteiger partial charge >= 0.3 is 0 Å². The smallest absolute Gasteiger partial charge is 0.221 e. The van der Waals surface area contributed by atoms with E-state index in [0.29, 0.717) is 24.3 Å². The number of piperidine rings is 2. The first-order valence-corrected chi connectivity index (χ1v) is 7.84. The molecule has 2 aliphatic heterocycles. The van der Waals surface area contributed by atoms with E-state index in [9.17, 15) is 4.79 Å². The van der Waals surface area contributed by atoms with Gasteiger partial charge in [-0.2, -0.15) is 0 Å². The summed E-state index contributed by atoms with van der Waals surface area (Å²) in [5, 5.41) is 6.61. The topological polar surface area (TPSA) is 44.4 Å². The van der Waals surface area contributed by atoms with Crippen molar-refractivity contribution in [3.63, 3.8) is 0 Å². The third kappa shape index (κ3) is 4.77. The van der Waals surface area contributed by atoms with Crippen molar-refractivity contribution >= 4 is 5.91 Å². The van der Waals surface area contributed by atoms with Crippen LogP contribution in [0, 0.1) is 11.8 Å². The zero-order valence-electron chi connectivity index (χ0n) is 12.5. The second-order valence-corrected chi connectivity index (χ2v) is 6.43. The maximum absolute atomic E-state index is 12.0. The zero-order valence-corrected chi connectivity index (χ0v) is 12.5. The van der Waals surface area contributed by atoms with Gasteiger partial charge in [0.1, 0.15) is 0 Å². The Labute approximate surface area is 117 Å². The van der Waals surface area contributed by atoms with E-state index < -0.39 is 0 Å². The molecular formula is C15H29N3O. The SMILES string of the molecule is CC1CCCNC1CC(=O)NCC1CCN(C)CC1. The molecule has 0 aliphatic carbocycles. The van der Waals surface area contributed by atoms with Gasteiger partial charge in [0.25, 0.3) is 0 Å². The first-order chi connectivity index (χ1) is 9.15. The zero-order chi connectivity index (χ0) is 13.7. The molecule has 2 aliphatic rings. The molecular weight excluding hydrogens is 238 g/mol. The average molecular weight is 267 g/mol. The minimum Gasteiger partial charge on any atom is -0.356 e. The fraction of sp³-hybridized carbons (Fsp3) is 0.933. The molecule has 4 nitrogen and oxygen atoms in total. The van der Waals surface area contributed by atoms with E-state index in [1.165, 1.54) is 38.8 Å². The molecule has 2 saturated heterocycles. The van der Waals surface area contributed by atoms with Crippen molar-refractivity contribution < 1.29 is 4.79 Å². The summed E-state index contributed by atoms with van der Waals surface area (Å²) < 4.78 is 0. The number of hydrogen-bond acceptors (Lipinski definition) is 3. The standard InChI is InChI=1S/C15H29N3O/c1-12-4-3-7-16-14(12)10-15(19)17-11-13-5-8-18(2)9-6-13/h12-14,16H,3-11H2,1-2H3,(H,17,19). The van der Waals surface area contributed by atoms with Crippen LogP contribution in [-0.4, -0.2) is 50.1 Å². The summed E-state index contributed by atoms with van der Waals surface area (Å²) in [5.74, 6) is 1.53. The van der Waals surface area contributed by atoms with Crippen LogP contribution in [0.4, 0.5) is 0 Å². The van der Waals surface area contributed by atoms with Crippen molar-refractivity contribution in [1.29, 1.82) is 0 Å². The van der Waals surface area contributed by atoms with Gasteiger partial charge < -0.3 is 15.5 Å². The monoisotopic (exact) mass is 267 g/mol. The Kier molecular flexibility index (Phi) is 5.64. The summed E-state index contributed by atoms with van der Waals surface area (Å²) in [4.78, 5) is 14.4. The van der Waals surface area contributed by atoms with E-state index in [1.54, 1.807) is 0 Å². The molecule has 110 valence electrons. The molecule has 4 heteroatoms. The molecule has 0 saturated carbocycles. The molecule has 0 aromatic heterocycles. The quantitative estimate of drug-likeness (QED) is 0.805. The number of amides is 1. The van der Waals surface area contributed by atoms with Gasteiger partial charge in [-0.15, -0.1) is 0 Å². The molecule has 2 rings (SSSR count). The molecule has 2 atom stereocenters. The molecule has 0 radical (unpaired) electrons. The van der Waals surface area contributed by atoms with Crippen molar-refractivity contribution in [2.75, 3.05) is 33.2 Å². The Morgan fingerprint density at radius 1 is 1.32 bits per heavy atom. The van der Waals surface area contributed by atoms with Crippen LogP contribution in [0.15, 0.2) is 0 Å². The molecule has 2 heterocycles. The number of rotatable bonds is 4. The summed E-state index contributed by atoms with van der Waals surface area (Å²) in [5.41, 5.74) is 0. The van der Waals surface area contributed by atoms with Gasteiger partial charge in [0, 0.05) is 19.0 Å². The summed E-state index contributed by atoms with van der Waals surface area (Å²) in [6, 6.07) is 0.381. The van der Waals surface area contributed by atoms with Crippen LogP contribution in [0.5, 0.6) is 0 Å². The molecule has 2 unspecified atom stereocenters. The molecule has 2 fully saturated rings. The van der Waals surface area contributed by atoms with Crippen LogP contribution in [0.25, 0.3) is 0 Å². The lowest BCUT2D eigenvalue weighted by Crippen LogP contribution is -2.44. The lowest BCUT2D eigenvalue weighted by molar-refractivity contribution is -0.122. The van der Waals surface area contributed by atoms with Crippen molar-refractivity contribution in [1.82, 2.24) is 15.5 Å². The Morgan fingerprint density at radius 2 is 2.05 bits per heavy atom. The first kappa shape index (κ1) is 14.8. The molecule has 0 bridgehead atoms. The summed E-state index contributed by atoms with van der Waals surface area (Å²) in [6.45, 7) is 6.52. The molecule has 0 aromatic carbocycles. The maximum atomic E-state index is 12.0. The Balaban J connectivity index is 1.64. The highest BCUT2D eigenvalue weighted by Gasteiger charge is 2.23. The summed E-state index contributed by atoms with van der Waals surface area (Å²) in [7, 11) is 2.17. The van der Waals surface area contributed by atoms with Gasteiger partial charge in [-0.25, -0.2) is 0 Å². The Morgan fingerprint density at radius 3 is 2.74 bits per heavy atom. The van der Waals surface area contributed by atoms with Crippen molar-refractivity contribution in [3.8, 4) is 0 Å². The minimum atomic E-state index is 0.227. The largest absolute Gasteiger partial charge is 0.356 e. The number of likely N-dealkylation sites (tertiary alicyclic amines) is 1. The van der Waals surface area contributed by atoms with Gasteiger partial charge in [0.15, 0.2) is 0 Å². The van der Waals surface area contributed by atoms with Gasteiger partial charge in [0.05, 0.1) is 0 Å². The van der Waals surface area contributed by atoms with Crippen molar-refractivity contribution in [2.24, 2.45) is 11.8 Å². The van der Waals surface area contributed by atoms with E-state index in [0.717, 1.165) is 13.1 Å². The summed E-state index contributed by atoms with van der Waals surface area (Å²) in [6.07, 6.45) is 5.58. The van der Waals surface area contributed by atoms with Crippen LogP contribution in [0.2, 0.25) is 0 Å². The van der Waals surface area contributed by atoms with Crippen LogP contribution in [0.1, 0.15) is 39.0 Å². The highest BCUT2D eigenvalue weighted by Crippen LogP contribution is 2.18. The fourth-order valence-electron chi connectivity index (χ4n) is 3.18. The van der Waals surface area contributed by atoms with Crippen LogP contribution in [-0.2, 0) is 4.79 Å². The Bertz CT molecular complexity index is 287. The lowest BCUT2D eigenvalue weighted by atomic mass is 9.90. The van der Waals surface area contributed by atoms with E-state index in [4.69, 9.17) is 0 Å². The predicted octanol–water partition coefficient (Wildman–Crippen LogP) is 1.22. The van der Waals surface area contributed by atoms with Gasteiger partial charge in [0.2, 0.25) is 5.91 Å². The average Bonchev–Trinajstić information content (AvgIpc) is 2.41. The molecule has 19 heavy (non-hydrogen) atoms. The van der Waals surface area contributed by atoms with Crippen LogP contribution >= 0.6 is 0 Å². The third-order valence-electron chi connectivity index (χ3n) is 4.76. The molecule has 0 spiro atoms. The number of carbonyl (C=O) groups is 1. The van der Waals surface area contributed by atoms with Crippen LogP contribution in [0.3, 0.4) is 0 Å². The first-order valence-electron chi connectivity index (χ1n) is 7.84. The van der Waals surface area contributed by atoms with E-state index in [1.807, 2.05) is 0 Å². The number of nitrogens with zero attached hydrogens (tertiary/aromatic N) is 1. The number of hydrogen-bond donors (Lipinski definition) is 2. The van der Waals surface area contributed by atoms with Gasteiger partial charge in [-0.1, -0.05) is 6.92 Å². The number of nitrogens with one attached hydrogen (secondary N) is 2. The van der Waals surface area contributed by atoms with E-state index >= 15 is 0 Å². The molecule has 1 amide bonds. The Hall–Kier alpha value is -0.610. The number of carbonyl (C=O) groups excluding carboxylic acids is 1. The maximum Gasteiger partial charge on any atom is 0.221 e. The predicted molar refractivity (Wildman–Crippen MR) is 78.0 cm³/mol. The van der Waals surface area contributed by atoms with E-state index in [2.05, 4.69) is 29.5 Å². The minimum absolute atomic E-state index is 0.227. The summed E-state index contributed by atoms with van der Waals surface area (Å²) >= 11 is 0. The highest BCUT2D eigenvalue weighted by atomic mass is 16.1. The molecule has 0 aromatic rings. The van der Waals surface area contributed by atoms with Crippen molar-refractivity contribution in [2.45, 2.75) is 45.1 Å². The lowest BCUT2D eigenvalue weighted by Gasteiger charge is -2.31. The normalized spacial score (nSPS) is 30.2. The van der Waals surface area contributed by atoms with Crippen molar-refractivity contribution in [3.05, 3.63) is 0 Å². The third-order valence-corrected chi connectivity index (χ3v) is 4.76. The second kappa shape index (κ2) is 7.25. The van der Waals surface area contributed by atoms with E-state index in [-0.39, 0.29) is 5.91 Å². The second-order valence-electron chi connectivity index (χ2n) is 6.43. The molecule has 2 N–H and O–H groups in total. The van der Waals surface area contributed by atoms with Gasteiger partial charge in [-0.3, -0.25) is 4.79 Å². The highest BCUT2D eigenvalue weighted by molar-refractivity contribution is 5.76.